The van der Waals surface area contributed by atoms with E-state index in [0.29, 0.717) is 39.6 Å². The Labute approximate surface area is 186 Å². The van der Waals surface area contributed by atoms with E-state index in [4.69, 9.17) is 4.42 Å². The van der Waals surface area contributed by atoms with Gasteiger partial charge in [-0.25, -0.2) is 9.07 Å². The first-order valence-corrected chi connectivity index (χ1v) is 10.9. The molecule has 0 aliphatic rings. The Morgan fingerprint density at radius 3 is 2.41 bits per heavy atom. The summed E-state index contributed by atoms with van der Waals surface area (Å²) in [5.41, 5.74) is 1.75. The highest BCUT2D eigenvalue weighted by atomic mass is 32.2. The monoisotopic (exact) mass is 444 g/mol. The smallest absolute Gasteiger partial charge is 0.277 e. The fourth-order valence-corrected chi connectivity index (χ4v) is 4.12. The minimum Gasteiger partial charge on any atom is -0.409 e. The van der Waals surface area contributed by atoms with Gasteiger partial charge in [0.05, 0.1) is 11.9 Å². The van der Waals surface area contributed by atoms with E-state index >= 15 is 0 Å². The van der Waals surface area contributed by atoms with Crippen molar-refractivity contribution < 1.29 is 8.81 Å². The van der Waals surface area contributed by atoms with Crippen LogP contribution in [-0.2, 0) is 12.3 Å². The highest BCUT2D eigenvalue weighted by Gasteiger charge is 2.18. The molecular weight excluding hydrogens is 427 g/mol. The van der Waals surface area contributed by atoms with Crippen molar-refractivity contribution in [3.05, 3.63) is 106 Å². The summed E-state index contributed by atoms with van der Waals surface area (Å²) in [5, 5.41) is 14.2. The molecule has 5 rings (SSSR count). The van der Waals surface area contributed by atoms with Crippen LogP contribution in [0.5, 0.6) is 0 Å². The summed E-state index contributed by atoms with van der Waals surface area (Å²) >= 11 is 1.24. The number of benzene rings is 3. The lowest BCUT2D eigenvalue weighted by molar-refractivity contribution is 0.462. The number of thioether (sulfide) groups is 1. The number of fused-ring (bicyclic) bond motifs is 1. The number of rotatable bonds is 6. The number of hydrogen-bond donors (Lipinski definition) is 0. The van der Waals surface area contributed by atoms with Crippen molar-refractivity contribution in [2.45, 2.75) is 17.5 Å². The predicted octanol–water partition coefficient (Wildman–Crippen LogP) is 4.93. The molecule has 0 fully saturated rings. The average molecular weight is 444 g/mol. The number of nitrogens with zero attached hydrogens (tertiary/aromatic N) is 4. The quantitative estimate of drug-likeness (QED) is 0.346. The highest BCUT2D eigenvalue weighted by Crippen LogP contribution is 2.28. The van der Waals surface area contributed by atoms with Crippen molar-refractivity contribution in [3.8, 4) is 11.6 Å². The summed E-state index contributed by atoms with van der Waals surface area (Å²) < 4.78 is 21.1. The third kappa shape index (κ3) is 4.04. The maximum Gasteiger partial charge on any atom is 0.277 e. The van der Waals surface area contributed by atoms with Gasteiger partial charge in [-0.05, 0) is 23.3 Å². The van der Waals surface area contributed by atoms with E-state index < -0.39 is 0 Å². The van der Waals surface area contributed by atoms with Crippen LogP contribution < -0.4 is 5.56 Å². The zero-order chi connectivity index (χ0) is 21.9. The molecule has 6 nitrogen and oxygen atoms in total. The van der Waals surface area contributed by atoms with Crippen LogP contribution in [0, 0.1) is 5.82 Å². The van der Waals surface area contributed by atoms with Crippen LogP contribution in [-0.4, -0.2) is 20.0 Å². The Bertz CT molecular complexity index is 1450. The second-order valence-electron chi connectivity index (χ2n) is 7.10. The molecule has 3 aromatic carbocycles. The number of aromatic nitrogens is 4. The third-order valence-electron chi connectivity index (χ3n) is 4.96. The van der Waals surface area contributed by atoms with E-state index in [-0.39, 0.29) is 17.3 Å². The molecule has 8 heteroatoms. The van der Waals surface area contributed by atoms with Crippen molar-refractivity contribution in [1.82, 2.24) is 20.0 Å². The van der Waals surface area contributed by atoms with E-state index in [2.05, 4.69) is 15.3 Å². The Morgan fingerprint density at radius 1 is 0.875 bits per heavy atom. The molecule has 0 radical (unpaired) electrons. The van der Waals surface area contributed by atoms with Crippen LogP contribution in [0.2, 0.25) is 0 Å². The lowest BCUT2D eigenvalue weighted by Gasteiger charge is -2.09. The van der Waals surface area contributed by atoms with Crippen LogP contribution in [0.3, 0.4) is 0 Å². The second kappa shape index (κ2) is 8.76. The van der Waals surface area contributed by atoms with Crippen LogP contribution in [0.4, 0.5) is 4.39 Å². The van der Waals surface area contributed by atoms with Gasteiger partial charge in [0.15, 0.2) is 5.69 Å². The summed E-state index contributed by atoms with van der Waals surface area (Å²) in [6.07, 6.45) is 0. The third-order valence-corrected chi connectivity index (χ3v) is 5.83. The van der Waals surface area contributed by atoms with Crippen molar-refractivity contribution >= 4 is 22.5 Å². The summed E-state index contributed by atoms with van der Waals surface area (Å²) in [7, 11) is 0. The summed E-state index contributed by atoms with van der Waals surface area (Å²) in [5.74, 6) is 0.287. The van der Waals surface area contributed by atoms with Gasteiger partial charge in [-0.2, -0.15) is 5.10 Å². The van der Waals surface area contributed by atoms with E-state index in [9.17, 15) is 9.18 Å². The maximum atomic E-state index is 13.9. The van der Waals surface area contributed by atoms with Crippen LogP contribution in [0.25, 0.3) is 22.4 Å². The van der Waals surface area contributed by atoms with Crippen molar-refractivity contribution in [2.75, 3.05) is 0 Å². The van der Waals surface area contributed by atoms with Gasteiger partial charge in [0.2, 0.25) is 0 Å². The molecule has 0 unspecified atom stereocenters. The topological polar surface area (TPSA) is 73.8 Å². The Kier molecular flexibility index (Phi) is 5.51. The second-order valence-corrected chi connectivity index (χ2v) is 8.02. The van der Waals surface area contributed by atoms with Gasteiger partial charge in [0, 0.05) is 11.1 Å². The SMILES string of the molecule is O=c1c2ccccc2c(-c2nnc(SCc3ccccc3F)o2)nn1Cc1ccccc1. The highest BCUT2D eigenvalue weighted by molar-refractivity contribution is 7.98. The molecular formula is C24H17FN4O2S. The number of hydrogen-bond acceptors (Lipinski definition) is 6. The molecule has 158 valence electrons. The molecule has 2 aromatic heterocycles. The minimum absolute atomic E-state index is 0.193. The fraction of sp³-hybridized carbons (Fsp3) is 0.0833. The summed E-state index contributed by atoms with van der Waals surface area (Å²) in [6, 6.07) is 23.4. The van der Waals surface area contributed by atoms with E-state index in [1.54, 1.807) is 24.3 Å². The Balaban J connectivity index is 1.50. The molecule has 0 aliphatic heterocycles. The van der Waals surface area contributed by atoms with Crippen LogP contribution >= 0.6 is 11.8 Å². The standard InChI is InChI=1S/C24H17FN4O2S/c25-20-13-7-4-10-17(20)15-32-24-27-26-22(31-24)21-18-11-5-6-12-19(18)23(30)29(28-21)14-16-8-2-1-3-9-16/h1-13H,14-15H2. The normalized spacial score (nSPS) is 11.2. The maximum absolute atomic E-state index is 13.9. The molecule has 0 aliphatic carbocycles. The van der Waals surface area contributed by atoms with E-state index in [1.807, 2.05) is 48.5 Å². The zero-order valence-corrected chi connectivity index (χ0v) is 17.6. The first-order chi connectivity index (χ1) is 15.7. The lowest BCUT2D eigenvalue weighted by atomic mass is 10.1. The van der Waals surface area contributed by atoms with Crippen molar-refractivity contribution in [3.63, 3.8) is 0 Å². The van der Waals surface area contributed by atoms with Gasteiger partial charge < -0.3 is 4.42 Å². The lowest BCUT2D eigenvalue weighted by Crippen LogP contribution is -2.24. The largest absolute Gasteiger partial charge is 0.409 e. The van der Waals surface area contributed by atoms with Gasteiger partial charge in [-0.3, -0.25) is 4.79 Å². The van der Waals surface area contributed by atoms with Gasteiger partial charge in [-0.15, -0.1) is 10.2 Å². The molecule has 32 heavy (non-hydrogen) atoms. The molecule has 0 saturated carbocycles. The molecule has 5 aromatic rings. The summed E-state index contributed by atoms with van der Waals surface area (Å²) in [6.45, 7) is 0.320. The zero-order valence-electron chi connectivity index (χ0n) is 16.8. The Morgan fingerprint density at radius 2 is 1.59 bits per heavy atom. The van der Waals surface area contributed by atoms with Gasteiger partial charge in [0.25, 0.3) is 16.7 Å². The molecule has 0 N–H and O–H groups in total. The van der Waals surface area contributed by atoms with Gasteiger partial charge >= 0.3 is 0 Å². The van der Waals surface area contributed by atoms with Gasteiger partial charge in [-0.1, -0.05) is 78.5 Å². The molecule has 0 bridgehead atoms. The predicted molar refractivity (Wildman–Crippen MR) is 121 cm³/mol. The molecule has 0 saturated heterocycles. The molecule has 0 amide bonds. The molecule has 2 heterocycles. The number of halogens is 1. The van der Waals surface area contributed by atoms with Crippen molar-refractivity contribution in [2.24, 2.45) is 0 Å². The van der Waals surface area contributed by atoms with Crippen molar-refractivity contribution in [1.29, 1.82) is 0 Å². The minimum atomic E-state index is -0.277. The Hall–Kier alpha value is -3.78. The average Bonchev–Trinajstić information content (AvgIpc) is 3.30. The van der Waals surface area contributed by atoms with E-state index in [0.717, 1.165) is 5.56 Å². The van der Waals surface area contributed by atoms with E-state index in [1.165, 1.54) is 22.5 Å². The van der Waals surface area contributed by atoms with Crippen LogP contribution in [0.15, 0.2) is 93.3 Å². The first kappa shape index (κ1) is 20.1. The summed E-state index contributed by atoms with van der Waals surface area (Å²) in [4.78, 5) is 13.0. The first-order valence-electron chi connectivity index (χ1n) is 9.93. The fourth-order valence-electron chi connectivity index (χ4n) is 3.38. The molecule has 0 spiro atoms. The van der Waals surface area contributed by atoms with Gasteiger partial charge in [0.1, 0.15) is 5.82 Å². The van der Waals surface area contributed by atoms with Crippen LogP contribution in [0.1, 0.15) is 11.1 Å². The molecule has 0 atom stereocenters.